The zero-order valence-corrected chi connectivity index (χ0v) is 18.6. The summed E-state index contributed by atoms with van der Waals surface area (Å²) < 4.78 is 0. The normalized spacial score (nSPS) is 14.0. The standard InChI is InChI=1S/C19H31N3O9S/c1-2-3-4-5-11(23)8-13(19(30)31)21-12(18(28)29)6-7-15(24)22-14(10-32)17(27)20-9-16(25)26/h8,11-12,14,21,23,32H,2-7,9-10H2,1H3,(H,20,27)(H,22,24)(H,25,26)(H,28,29)(H,30,31)/t11?,12-,14-/m0/s1. The first-order valence-electron chi connectivity index (χ1n) is 10.0. The minimum Gasteiger partial charge on any atom is -0.480 e. The van der Waals surface area contributed by atoms with Gasteiger partial charge in [0.1, 0.15) is 24.3 Å². The van der Waals surface area contributed by atoms with Crippen LogP contribution in [0.1, 0.15) is 45.4 Å². The van der Waals surface area contributed by atoms with Crippen molar-refractivity contribution in [2.24, 2.45) is 0 Å². The summed E-state index contributed by atoms with van der Waals surface area (Å²) in [5, 5.41) is 43.9. The van der Waals surface area contributed by atoms with Crippen LogP contribution in [0.2, 0.25) is 0 Å². The number of carboxylic acid groups (broad SMARTS) is 3. The number of unbranched alkanes of at least 4 members (excludes halogenated alkanes) is 2. The van der Waals surface area contributed by atoms with E-state index in [0.29, 0.717) is 12.8 Å². The lowest BCUT2D eigenvalue weighted by atomic mass is 10.1. The van der Waals surface area contributed by atoms with Crippen molar-refractivity contribution in [2.75, 3.05) is 12.3 Å². The van der Waals surface area contributed by atoms with Crippen LogP contribution in [0.3, 0.4) is 0 Å². The number of aliphatic carboxylic acids is 3. The van der Waals surface area contributed by atoms with E-state index < -0.39 is 60.2 Å². The summed E-state index contributed by atoms with van der Waals surface area (Å²) in [6, 6.07) is -2.57. The highest BCUT2D eigenvalue weighted by Gasteiger charge is 2.24. The Bertz CT molecular complexity index is 700. The topological polar surface area (TPSA) is 202 Å². The van der Waals surface area contributed by atoms with E-state index in [1.807, 2.05) is 6.92 Å². The molecule has 0 aliphatic heterocycles. The number of aliphatic hydroxyl groups is 1. The van der Waals surface area contributed by atoms with Crippen molar-refractivity contribution in [3.63, 3.8) is 0 Å². The third-order valence-corrected chi connectivity index (χ3v) is 4.59. The summed E-state index contributed by atoms with van der Waals surface area (Å²) in [6.45, 7) is 1.33. The van der Waals surface area contributed by atoms with E-state index in [9.17, 15) is 39.3 Å². The molecule has 7 N–H and O–H groups in total. The predicted molar refractivity (Wildman–Crippen MR) is 116 cm³/mol. The maximum Gasteiger partial charge on any atom is 0.351 e. The average molecular weight is 478 g/mol. The lowest BCUT2D eigenvalue weighted by Crippen LogP contribution is -2.49. The number of amides is 2. The van der Waals surface area contributed by atoms with Gasteiger partial charge in [0.25, 0.3) is 0 Å². The molecule has 12 nitrogen and oxygen atoms in total. The number of thiol groups is 1. The Morgan fingerprint density at radius 2 is 1.62 bits per heavy atom. The van der Waals surface area contributed by atoms with Crippen LogP contribution < -0.4 is 16.0 Å². The number of carbonyl (C=O) groups excluding carboxylic acids is 2. The Labute approximate surface area is 190 Å². The van der Waals surface area contributed by atoms with Gasteiger partial charge in [0.15, 0.2) is 0 Å². The van der Waals surface area contributed by atoms with Gasteiger partial charge < -0.3 is 36.4 Å². The Hall–Kier alpha value is -2.80. The molecule has 0 aromatic heterocycles. The summed E-state index contributed by atoms with van der Waals surface area (Å²) in [6.07, 6.45) is 2.04. The molecule has 0 aliphatic carbocycles. The number of carboxylic acids is 3. The molecule has 1 unspecified atom stereocenters. The summed E-state index contributed by atoms with van der Waals surface area (Å²) >= 11 is 3.92. The van der Waals surface area contributed by atoms with Gasteiger partial charge in [0.2, 0.25) is 11.8 Å². The Kier molecular flexibility index (Phi) is 14.5. The van der Waals surface area contributed by atoms with Gasteiger partial charge in [0.05, 0.1) is 6.10 Å². The molecule has 0 radical (unpaired) electrons. The van der Waals surface area contributed by atoms with Crippen molar-refractivity contribution >= 4 is 42.4 Å². The molecular formula is C19H31N3O9S. The molecule has 0 rings (SSSR count). The van der Waals surface area contributed by atoms with Gasteiger partial charge in [-0.1, -0.05) is 26.2 Å². The molecule has 0 aliphatic rings. The van der Waals surface area contributed by atoms with Crippen LogP contribution in [-0.4, -0.2) is 80.6 Å². The van der Waals surface area contributed by atoms with Gasteiger partial charge in [-0.05, 0) is 18.9 Å². The van der Waals surface area contributed by atoms with Crippen LogP contribution in [0.4, 0.5) is 0 Å². The van der Waals surface area contributed by atoms with Crippen molar-refractivity contribution in [1.82, 2.24) is 16.0 Å². The molecule has 32 heavy (non-hydrogen) atoms. The van der Waals surface area contributed by atoms with E-state index in [4.69, 9.17) is 5.11 Å². The van der Waals surface area contributed by atoms with E-state index in [1.165, 1.54) is 0 Å². The first-order chi connectivity index (χ1) is 15.0. The van der Waals surface area contributed by atoms with E-state index in [-0.39, 0.29) is 18.6 Å². The fraction of sp³-hybridized carbons (Fsp3) is 0.632. The smallest absolute Gasteiger partial charge is 0.351 e. The quantitative estimate of drug-likeness (QED) is 0.0754. The maximum atomic E-state index is 12.1. The highest BCUT2D eigenvalue weighted by molar-refractivity contribution is 7.80. The molecule has 0 saturated carbocycles. The zero-order chi connectivity index (χ0) is 24.7. The second kappa shape index (κ2) is 15.9. The molecule has 0 heterocycles. The summed E-state index contributed by atoms with van der Waals surface area (Å²) in [4.78, 5) is 57.3. The van der Waals surface area contributed by atoms with Crippen LogP contribution >= 0.6 is 12.6 Å². The summed E-state index contributed by atoms with van der Waals surface area (Å²) in [5.41, 5.74) is -0.497. The van der Waals surface area contributed by atoms with Crippen molar-refractivity contribution in [3.8, 4) is 0 Å². The van der Waals surface area contributed by atoms with E-state index >= 15 is 0 Å². The molecule has 0 aromatic carbocycles. The summed E-state index contributed by atoms with van der Waals surface area (Å²) in [7, 11) is 0. The van der Waals surface area contributed by atoms with Gasteiger partial charge in [-0.3, -0.25) is 14.4 Å². The molecule has 13 heteroatoms. The third-order valence-electron chi connectivity index (χ3n) is 4.23. The number of hydrogen-bond donors (Lipinski definition) is 8. The Balaban J connectivity index is 4.94. The van der Waals surface area contributed by atoms with Crippen molar-refractivity contribution < 1.29 is 44.4 Å². The van der Waals surface area contributed by atoms with E-state index in [2.05, 4.69) is 28.6 Å². The molecule has 0 spiro atoms. The van der Waals surface area contributed by atoms with E-state index in [0.717, 1.165) is 18.9 Å². The lowest BCUT2D eigenvalue weighted by Gasteiger charge is -2.19. The monoisotopic (exact) mass is 477 g/mol. The Morgan fingerprint density at radius 3 is 2.12 bits per heavy atom. The molecule has 0 aromatic rings. The van der Waals surface area contributed by atoms with Crippen LogP contribution in [-0.2, 0) is 24.0 Å². The van der Waals surface area contributed by atoms with Gasteiger partial charge >= 0.3 is 17.9 Å². The minimum absolute atomic E-state index is 0.125. The first kappa shape index (κ1) is 29.2. The second-order valence-electron chi connectivity index (χ2n) is 6.94. The number of aliphatic hydroxyl groups excluding tert-OH is 1. The molecule has 0 fully saturated rings. The molecular weight excluding hydrogens is 446 g/mol. The van der Waals surface area contributed by atoms with Crippen molar-refractivity contribution in [1.29, 1.82) is 0 Å². The fourth-order valence-corrected chi connectivity index (χ4v) is 2.78. The number of nitrogens with one attached hydrogen (secondary N) is 3. The van der Waals surface area contributed by atoms with Crippen LogP contribution in [0, 0.1) is 0 Å². The van der Waals surface area contributed by atoms with Crippen LogP contribution in [0.15, 0.2) is 11.8 Å². The third kappa shape index (κ3) is 12.8. The van der Waals surface area contributed by atoms with Gasteiger partial charge in [-0.25, -0.2) is 9.59 Å². The second-order valence-corrected chi connectivity index (χ2v) is 7.30. The Morgan fingerprint density at radius 1 is 0.969 bits per heavy atom. The maximum absolute atomic E-state index is 12.1. The molecule has 182 valence electrons. The molecule has 3 atom stereocenters. The zero-order valence-electron chi connectivity index (χ0n) is 17.7. The fourth-order valence-electron chi connectivity index (χ4n) is 2.53. The van der Waals surface area contributed by atoms with Crippen LogP contribution in [0.25, 0.3) is 0 Å². The number of carbonyl (C=O) groups is 5. The largest absolute Gasteiger partial charge is 0.480 e. The summed E-state index contributed by atoms with van der Waals surface area (Å²) in [5.74, 6) is -5.73. The molecule has 0 saturated heterocycles. The molecule has 0 bridgehead atoms. The number of hydrogen-bond acceptors (Lipinski definition) is 8. The van der Waals surface area contributed by atoms with Gasteiger partial charge in [-0.15, -0.1) is 0 Å². The number of rotatable bonds is 17. The molecule has 2 amide bonds. The lowest BCUT2D eigenvalue weighted by molar-refractivity contribution is -0.140. The average Bonchev–Trinajstić information content (AvgIpc) is 2.71. The first-order valence-corrected chi connectivity index (χ1v) is 10.7. The van der Waals surface area contributed by atoms with Crippen molar-refractivity contribution in [2.45, 2.75) is 63.6 Å². The van der Waals surface area contributed by atoms with E-state index in [1.54, 1.807) is 0 Å². The van der Waals surface area contributed by atoms with Crippen LogP contribution in [0.5, 0.6) is 0 Å². The minimum atomic E-state index is -1.46. The highest BCUT2D eigenvalue weighted by atomic mass is 32.1. The SMILES string of the molecule is CCCCCC(O)C=C(N[C@@H](CCC(=O)N[C@@H](CS)C(=O)NCC(=O)O)C(=O)O)C(=O)O. The van der Waals surface area contributed by atoms with Gasteiger partial charge in [-0.2, -0.15) is 12.6 Å². The van der Waals surface area contributed by atoms with Crippen molar-refractivity contribution in [3.05, 3.63) is 11.8 Å². The van der Waals surface area contributed by atoms with Gasteiger partial charge in [0, 0.05) is 12.2 Å². The highest BCUT2D eigenvalue weighted by Crippen LogP contribution is 2.08. The predicted octanol–water partition coefficient (Wildman–Crippen LogP) is -0.665.